The topological polar surface area (TPSA) is 81.5 Å². The SMILES string of the molecule is CC(C)Oc1cccc(C(=O)Nc2cc([N+](=O)[O-])ccc2F)c1. The first-order valence-electron chi connectivity index (χ1n) is 6.89. The van der Waals surface area contributed by atoms with Gasteiger partial charge in [0.15, 0.2) is 0 Å². The lowest BCUT2D eigenvalue weighted by Crippen LogP contribution is -2.14. The molecule has 0 aliphatic heterocycles. The van der Waals surface area contributed by atoms with E-state index in [0.717, 1.165) is 18.2 Å². The number of hydrogen-bond donors (Lipinski definition) is 1. The molecule has 0 heterocycles. The van der Waals surface area contributed by atoms with E-state index in [1.807, 2.05) is 13.8 Å². The number of rotatable bonds is 5. The van der Waals surface area contributed by atoms with E-state index in [9.17, 15) is 19.3 Å². The quantitative estimate of drug-likeness (QED) is 0.672. The normalized spacial score (nSPS) is 10.4. The average Bonchev–Trinajstić information content (AvgIpc) is 2.48. The average molecular weight is 318 g/mol. The Morgan fingerprint density at radius 3 is 2.65 bits per heavy atom. The van der Waals surface area contributed by atoms with E-state index in [0.29, 0.717) is 5.75 Å². The molecule has 0 aliphatic rings. The number of carbonyl (C=O) groups excluding carboxylic acids is 1. The molecule has 0 aromatic heterocycles. The molecule has 0 atom stereocenters. The molecule has 7 heteroatoms. The van der Waals surface area contributed by atoms with Gasteiger partial charge in [0, 0.05) is 17.7 Å². The summed E-state index contributed by atoms with van der Waals surface area (Å²) in [6.07, 6.45) is -0.0532. The van der Waals surface area contributed by atoms with Gasteiger partial charge in [-0.3, -0.25) is 14.9 Å². The number of benzene rings is 2. The number of carbonyl (C=O) groups is 1. The molecule has 2 aromatic rings. The highest BCUT2D eigenvalue weighted by molar-refractivity contribution is 6.04. The lowest BCUT2D eigenvalue weighted by molar-refractivity contribution is -0.384. The fraction of sp³-hybridized carbons (Fsp3) is 0.188. The zero-order valence-corrected chi connectivity index (χ0v) is 12.6. The second-order valence-corrected chi connectivity index (χ2v) is 5.07. The summed E-state index contributed by atoms with van der Waals surface area (Å²) in [5.74, 6) is -0.829. The molecule has 1 amide bonds. The largest absolute Gasteiger partial charge is 0.491 e. The third-order valence-electron chi connectivity index (χ3n) is 2.88. The molecule has 0 saturated heterocycles. The molecule has 120 valence electrons. The Balaban J connectivity index is 2.22. The third kappa shape index (κ3) is 4.26. The number of nitrogens with one attached hydrogen (secondary N) is 1. The monoisotopic (exact) mass is 318 g/mol. The van der Waals surface area contributed by atoms with Gasteiger partial charge in [0.2, 0.25) is 0 Å². The van der Waals surface area contributed by atoms with Crippen LogP contribution < -0.4 is 10.1 Å². The molecule has 0 unspecified atom stereocenters. The van der Waals surface area contributed by atoms with Crippen LogP contribution in [-0.4, -0.2) is 16.9 Å². The molecule has 23 heavy (non-hydrogen) atoms. The Bertz CT molecular complexity index is 747. The van der Waals surface area contributed by atoms with Gasteiger partial charge < -0.3 is 10.1 Å². The number of non-ortho nitro benzene ring substituents is 1. The number of ether oxygens (including phenoxy) is 1. The van der Waals surface area contributed by atoms with Crippen molar-refractivity contribution in [2.45, 2.75) is 20.0 Å². The van der Waals surface area contributed by atoms with Crippen LogP contribution in [0.15, 0.2) is 42.5 Å². The van der Waals surface area contributed by atoms with Crippen LogP contribution in [0.3, 0.4) is 0 Å². The number of nitro benzene ring substituents is 1. The molecule has 0 saturated carbocycles. The number of anilines is 1. The molecular weight excluding hydrogens is 303 g/mol. The van der Waals surface area contributed by atoms with Crippen LogP contribution in [-0.2, 0) is 0 Å². The Morgan fingerprint density at radius 2 is 2.00 bits per heavy atom. The minimum atomic E-state index is -0.751. The van der Waals surface area contributed by atoms with E-state index in [2.05, 4.69) is 5.32 Å². The molecular formula is C16H15FN2O4. The summed E-state index contributed by atoms with van der Waals surface area (Å²) in [6.45, 7) is 3.70. The highest BCUT2D eigenvalue weighted by Gasteiger charge is 2.14. The molecule has 2 rings (SSSR count). The van der Waals surface area contributed by atoms with Gasteiger partial charge in [0.25, 0.3) is 11.6 Å². The van der Waals surface area contributed by atoms with Crippen LogP contribution in [0.1, 0.15) is 24.2 Å². The highest BCUT2D eigenvalue weighted by Crippen LogP contribution is 2.22. The first-order valence-corrected chi connectivity index (χ1v) is 6.89. The van der Waals surface area contributed by atoms with E-state index >= 15 is 0 Å². The van der Waals surface area contributed by atoms with Gasteiger partial charge in [-0.2, -0.15) is 0 Å². The Hall–Kier alpha value is -2.96. The number of nitrogens with zero attached hydrogens (tertiary/aromatic N) is 1. The van der Waals surface area contributed by atoms with Gasteiger partial charge in [-0.25, -0.2) is 4.39 Å². The second-order valence-electron chi connectivity index (χ2n) is 5.07. The molecule has 0 radical (unpaired) electrons. The Kier molecular flexibility index (Phi) is 4.90. The van der Waals surface area contributed by atoms with Crippen molar-refractivity contribution in [2.24, 2.45) is 0 Å². The van der Waals surface area contributed by atoms with Crippen molar-refractivity contribution in [2.75, 3.05) is 5.32 Å². The fourth-order valence-corrected chi connectivity index (χ4v) is 1.90. The smallest absolute Gasteiger partial charge is 0.271 e. The van der Waals surface area contributed by atoms with E-state index < -0.39 is 16.6 Å². The molecule has 0 aliphatic carbocycles. The van der Waals surface area contributed by atoms with Gasteiger partial charge >= 0.3 is 0 Å². The molecule has 1 N–H and O–H groups in total. The lowest BCUT2D eigenvalue weighted by Gasteiger charge is -2.11. The van der Waals surface area contributed by atoms with Crippen molar-refractivity contribution in [1.82, 2.24) is 0 Å². The Labute approximate surface area is 132 Å². The molecule has 2 aromatic carbocycles. The summed E-state index contributed by atoms with van der Waals surface area (Å²) < 4.78 is 19.2. The predicted octanol–water partition coefficient (Wildman–Crippen LogP) is 3.77. The van der Waals surface area contributed by atoms with Crippen LogP contribution in [0.25, 0.3) is 0 Å². The first-order chi connectivity index (χ1) is 10.9. The van der Waals surface area contributed by atoms with Crippen LogP contribution in [0, 0.1) is 15.9 Å². The van der Waals surface area contributed by atoms with Crippen LogP contribution in [0.2, 0.25) is 0 Å². The van der Waals surface area contributed by atoms with Gasteiger partial charge in [0.1, 0.15) is 11.6 Å². The summed E-state index contributed by atoms with van der Waals surface area (Å²) in [5.41, 5.74) is -0.299. The molecule has 0 bridgehead atoms. The molecule has 6 nitrogen and oxygen atoms in total. The number of amides is 1. The van der Waals surface area contributed by atoms with E-state index in [-0.39, 0.29) is 23.0 Å². The highest BCUT2D eigenvalue weighted by atomic mass is 19.1. The van der Waals surface area contributed by atoms with Gasteiger partial charge in [-0.1, -0.05) is 6.07 Å². The van der Waals surface area contributed by atoms with Crippen LogP contribution in [0.4, 0.5) is 15.8 Å². The summed E-state index contributed by atoms with van der Waals surface area (Å²) >= 11 is 0. The van der Waals surface area contributed by atoms with Crippen molar-refractivity contribution >= 4 is 17.3 Å². The van der Waals surface area contributed by atoms with Crippen LogP contribution in [0.5, 0.6) is 5.75 Å². The maximum Gasteiger partial charge on any atom is 0.271 e. The number of halogens is 1. The first kappa shape index (κ1) is 16.4. The van der Waals surface area contributed by atoms with Gasteiger partial charge in [0.05, 0.1) is 16.7 Å². The van der Waals surface area contributed by atoms with E-state index in [1.165, 1.54) is 12.1 Å². The molecule has 0 fully saturated rings. The minimum Gasteiger partial charge on any atom is -0.491 e. The zero-order valence-electron chi connectivity index (χ0n) is 12.6. The number of nitro groups is 1. The third-order valence-corrected chi connectivity index (χ3v) is 2.88. The second kappa shape index (κ2) is 6.87. The van der Waals surface area contributed by atoms with E-state index in [4.69, 9.17) is 4.74 Å². The molecule has 0 spiro atoms. The maximum absolute atomic E-state index is 13.7. The minimum absolute atomic E-state index is 0.0532. The lowest BCUT2D eigenvalue weighted by atomic mass is 10.2. The Morgan fingerprint density at radius 1 is 1.26 bits per heavy atom. The summed E-state index contributed by atoms with van der Waals surface area (Å²) in [5, 5.41) is 13.0. The zero-order chi connectivity index (χ0) is 17.0. The van der Waals surface area contributed by atoms with Gasteiger partial charge in [-0.05, 0) is 38.1 Å². The van der Waals surface area contributed by atoms with E-state index in [1.54, 1.807) is 12.1 Å². The fourth-order valence-electron chi connectivity index (χ4n) is 1.90. The van der Waals surface area contributed by atoms with Crippen molar-refractivity contribution in [1.29, 1.82) is 0 Å². The van der Waals surface area contributed by atoms with Crippen molar-refractivity contribution in [3.8, 4) is 5.75 Å². The standard InChI is InChI=1S/C16H15FN2O4/c1-10(2)23-13-5-3-4-11(8-13)16(20)18-15-9-12(19(21)22)6-7-14(15)17/h3-10H,1-2H3,(H,18,20). The van der Waals surface area contributed by atoms with Crippen molar-refractivity contribution in [3.63, 3.8) is 0 Å². The maximum atomic E-state index is 13.7. The van der Waals surface area contributed by atoms with Crippen molar-refractivity contribution in [3.05, 3.63) is 64.0 Å². The predicted molar refractivity (Wildman–Crippen MR) is 83.2 cm³/mol. The van der Waals surface area contributed by atoms with Gasteiger partial charge in [-0.15, -0.1) is 0 Å². The summed E-state index contributed by atoms with van der Waals surface area (Å²) in [4.78, 5) is 22.2. The van der Waals surface area contributed by atoms with Crippen LogP contribution >= 0.6 is 0 Å². The number of hydrogen-bond acceptors (Lipinski definition) is 4. The van der Waals surface area contributed by atoms with Crippen molar-refractivity contribution < 1.29 is 18.8 Å². The summed E-state index contributed by atoms with van der Waals surface area (Å²) in [7, 11) is 0. The summed E-state index contributed by atoms with van der Waals surface area (Å²) in [6, 6.07) is 9.33.